The van der Waals surface area contributed by atoms with E-state index in [4.69, 9.17) is 16.7 Å². The molecule has 2 atom stereocenters. The number of nitrogens with zero attached hydrogens (tertiary/aromatic N) is 1. The molecule has 15 heavy (non-hydrogen) atoms. The third kappa shape index (κ3) is 3.04. The monoisotopic (exact) mass is 261 g/mol. The van der Waals surface area contributed by atoms with E-state index in [2.05, 4.69) is 4.98 Å². The van der Waals surface area contributed by atoms with Gasteiger partial charge in [-0.1, -0.05) is 0 Å². The summed E-state index contributed by atoms with van der Waals surface area (Å²) in [5.41, 5.74) is -1.08. The molecule has 0 amide bonds. The average Bonchev–Trinajstić information content (AvgIpc) is 2.63. The fourth-order valence-electron chi connectivity index (χ4n) is 0.803. The predicted molar refractivity (Wildman–Crippen MR) is 48.8 cm³/mol. The van der Waals surface area contributed by atoms with E-state index < -0.39 is 24.1 Å². The molecule has 86 valence electrons. The maximum absolute atomic E-state index is 12.1. The summed E-state index contributed by atoms with van der Waals surface area (Å²) in [6.07, 6.45) is -7.34. The highest BCUT2D eigenvalue weighted by Gasteiger charge is 2.35. The van der Waals surface area contributed by atoms with Crippen molar-refractivity contribution in [2.45, 2.75) is 18.4 Å². The van der Waals surface area contributed by atoms with Crippen LogP contribution >= 0.6 is 22.9 Å². The van der Waals surface area contributed by atoms with Gasteiger partial charge in [-0.25, -0.2) is 4.98 Å². The molecule has 1 aromatic rings. The zero-order valence-electron chi connectivity index (χ0n) is 7.20. The Hall–Kier alpha value is -0.370. The highest BCUT2D eigenvalue weighted by atomic mass is 35.5. The van der Waals surface area contributed by atoms with Crippen LogP contribution in [0.3, 0.4) is 0 Å². The second-order valence-electron chi connectivity index (χ2n) is 2.74. The molecule has 3 nitrogen and oxygen atoms in total. The number of alkyl halides is 4. The van der Waals surface area contributed by atoms with Crippen molar-refractivity contribution in [3.05, 3.63) is 16.1 Å². The number of aliphatic hydroxyl groups is 2. The van der Waals surface area contributed by atoms with Gasteiger partial charge >= 0.3 is 6.18 Å². The van der Waals surface area contributed by atoms with Crippen LogP contribution in [0.25, 0.3) is 0 Å². The van der Waals surface area contributed by atoms with E-state index in [1.165, 1.54) is 0 Å². The van der Waals surface area contributed by atoms with Crippen LogP contribution in [0.1, 0.15) is 16.8 Å². The lowest BCUT2D eigenvalue weighted by Crippen LogP contribution is -2.19. The lowest BCUT2D eigenvalue weighted by Gasteiger charge is -2.11. The van der Waals surface area contributed by atoms with Crippen molar-refractivity contribution in [2.75, 3.05) is 5.88 Å². The van der Waals surface area contributed by atoms with Crippen LogP contribution in [0.4, 0.5) is 13.2 Å². The van der Waals surface area contributed by atoms with E-state index in [0.717, 1.165) is 5.38 Å². The second kappa shape index (κ2) is 4.65. The zero-order valence-corrected chi connectivity index (χ0v) is 8.77. The smallest absolute Gasteiger partial charge is 0.389 e. The first-order valence-corrected chi connectivity index (χ1v) is 5.22. The molecule has 0 saturated carbocycles. The van der Waals surface area contributed by atoms with Crippen molar-refractivity contribution >= 4 is 22.9 Å². The molecule has 1 aromatic heterocycles. The molecule has 0 radical (unpaired) electrons. The molecule has 0 fully saturated rings. The Morgan fingerprint density at radius 3 is 2.47 bits per heavy atom. The summed E-state index contributed by atoms with van der Waals surface area (Å²) in [5.74, 6) is -0.276. The lowest BCUT2D eigenvalue weighted by atomic mass is 10.2. The van der Waals surface area contributed by atoms with Crippen LogP contribution in [0, 0.1) is 0 Å². The molecule has 0 spiro atoms. The molecular weight excluding hydrogens is 255 g/mol. The Balaban J connectivity index is 2.85. The van der Waals surface area contributed by atoms with Gasteiger partial charge in [0.25, 0.3) is 0 Å². The summed E-state index contributed by atoms with van der Waals surface area (Å²) in [4.78, 5) is 3.18. The molecule has 0 aromatic carbocycles. The Kier molecular flexibility index (Phi) is 3.93. The highest BCUT2D eigenvalue weighted by molar-refractivity contribution is 7.09. The molecule has 0 aliphatic rings. The fourth-order valence-corrected chi connectivity index (χ4v) is 1.84. The van der Waals surface area contributed by atoms with Crippen LogP contribution in [0.5, 0.6) is 0 Å². The summed E-state index contributed by atoms with van der Waals surface area (Å²) < 4.78 is 36.4. The summed E-state index contributed by atoms with van der Waals surface area (Å²) in [6, 6.07) is 0. The SMILES string of the molecule is OC(CCl)C(O)c1nc(C(F)(F)F)cs1. The first kappa shape index (κ1) is 12.7. The first-order chi connectivity index (χ1) is 6.86. The van der Waals surface area contributed by atoms with Crippen molar-refractivity contribution in [3.8, 4) is 0 Å². The summed E-state index contributed by atoms with van der Waals surface area (Å²) in [6.45, 7) is 0. The molecule has 2 N–H and O–H groups in total. The number of aromatic nitrogens is 1. The largest absolute Gasteiger partial charge is 0.434 e. The van der Waals surface area contributed by atoms with Crippen molar-refractivity contribution in [3.63, 3.8) is 0 Å². The number of thiazole rings is 1. The van der Waals surface area contributed by atoms with Crippen molar-refractivity contribution in [1.82, 2.24) is 4.98 Å². The summed E-state index contributed by atoms with van der Waals surface area (Å²) in [5, 5.41) is 19.0. The van der Waals surface area contributed by atoms with E-state index in [-0.39, 0.29) is 10.9 Å². The van der Waals surface area contributed by atoms with Gasteiger partial charge in [0.15, 0.2) is 5.69 Å². The van der Waals surface area contributed by atoms with Crippen LogP contribution in [-0.4, -0.2) is 27.2 Å². The van der Waals surface area contributed by atoms with Crippen molar-refractivity contribution in [2.24, 2.45) is 0 Å². The fraction of sp³-hybridized carbons (Fsp3) is 0.571. The standard InChI is InChI=1S/C7H7ClF3NO2S/c8-1-3(13)5(14)6-12-4(2-15-6)7(9,10)11/h2-3,5,13-14H,1H2. The normalized spacial score (nSPS) is 16.4. The molecule has 1 heterocycles. The van der Waals surface area contributed by atoms with Crippen LogP contribution in [-0.2, 0) is 6.18 Å². The van der Waals surface area contributed by atoms with Crippen molar-refractivity contribution in [1.29, 1.82) is 0 Å². The molecule has 8 heteroatoms. The minimum absolute atomic E-state index is 0.199. The van der Waals surface area contributed by atoms with Gasteiger partial charge < -0.3 is 10.2 Å². The van der Waals surface area contributed by atoms with Crippen molar-refractivity contribution < 1.29 is 23.4 Å². The molecule has 0 aliphatic heterocycles. The first-order valence-electron chi connectivity index (χ1n) is 3.81. The Bertz CT molecular complexity index is 330. The van der Waals surface area contributed by atoms with Gasteiger partial charge in [-0.2, -0.15) is 13.2 Å². The third-order valence-electron chi connectivity index (χ3n) is 1.59. The van der Waals surface area contributed by atoms with Crippen LogP contribution in [0.2, 0.25) is 0 Å². The zero-order chi connectivity index (χ0) is 11.6. The maximum atomic E-state index is 12.1. The molecule has 1 rings (SSSR count). The minimum atomic E-state index is -4.54. The Morgan fingerprint density at radius 1 is 1.47 bits per heavy atom. The topological polar surface area (TPSA) is 53.4 Å². The highest BCUT2D eigenvalue weighted by Crippen LogP contribution is 2.32. The van der Waals surface area contributed by atoms with E-state index in [1.54, 1.807) is 0 Å². The van der Waals surface area contributed by atoms with Crippen LogP contribution in [0.15, 0.2) is 5.38 Å². The predicted octanol–water partition coefficient (Wildman–Crippen LogP) is 1.80. The molecule has 0 aliphatic carbocycles. The van der Waals surface area contributed by atoms with Gasteiger partial charge in [-0.05, 0) is 0 Å². The minimum Gasteiger partial charge on any atom is -0.389 e. The summed E-state index contributed by atoms with van der Waals surface area (Å²) in [7, 11) is 0. The molecule has 2 unspecified atom stereocenters. The number of aliphatic hydroxyl groups excluding tert-OH is 2. The Morgan fingerprint density at radius 2 is 2.07 bits per heavy atom. The van der Waals surface area contributed by atoms with Crippen LogP contribution < -0.4 is 0 Å². The van der Waals surface area contributed by atoms with Gasteiger partial charge in [0.1, 0.15) is 11.1 Å². The number of hydrogen-bond acceptors (Lipinski definition) is 4. The van der Waals surface area contributed by atoms with E-state index in [9.17, 15) is 18.3 Å². The van der Waals surface area contributed by atoms with Gasteiger partial charge in [0.2, 0.25) is 0 Å². The average molecular weight is 262 g/mol. The van der Waals surface area contributed by atoms with Gasteiger partial charge in [0.05, 0.1) is 12.0 Å². The lowest BCUT2D eigenvalue weighted by molar-refractivity contribution is -0.141. The number of halogens is 4. The molecule has 0 bridgehead atoms. The summed E-state index contributed by atoms with van der Waals surface area (Å²) >= 11 is 5.87. The molecular formula is C7H7ClF3NO2S. The Labute approximate surface area is 92.1 Å². The van der Waals surface area contributed by atoms with E-state index >= 15 is 0 Å². The number of rotatable bonds is 3. The third-order valence-corrected chi connectivity index (χ3v) is 2.82. The van der Waals surface area contributed by atoms with E-state index in [0.29, 0.717) is 11.3 Å². The van der Waals surface area contributed by atoms with Gasteiger partial charge in [0, 0.05) is 5.38 Å². The second-order valence-corrected chi connectivity index (χ2v) is 3.93. The van der Waals surface area contributed by atoms with Gasteiger partial charge in [-0.3, -0.25) is 0 Å². The van der Waals surface area contributed by atoms with Gasteiger partial charge in [-0.15, -0.1) is 22.9 Å². The number of hydrogen-bond donors (Lipinski definition) is 2. The quantitative estimate of drug-likeness (QED) is 0.816. The van der Waals surface area contributed by atoms with E-state index in [1.807, 2.05) is 0 Å². The maximum Gasteiger partial charge on any atom is 0.434 e. The molecule has 0 saturated heterocycles.